The average molecular weight is 232 g/mol. The molecule has 0 amide bonds. The third-order valence-corrected chi connectivity index (χ3v) is 2.56. The molecule has 1 atom stereocenters. The molecule has 0 aliphatic carbocycles. The molecule has 0 aliphatic rings. The molecule has 0 saturated heterocycles. The van der Waals surface area contributed by atoms with E-state index in [1.807, 2.05) is 6.92 Å². The van der Waals surface area contributed by atoms with Gasteiger partial charge < -0.3 is 19.8 Å². The van der Waals surface area contributed by atoms with Crippen LogP contribution in [0.1, 0.15) is 33.6 Å². The van der Waals surface area contributed by atoms with E-state index in [9.17, 15) is 19.8 Å². The standard InChI is InChI=1S/C9H16O4.2Na/c1-4-5-6(2)9(3,7(10)11)8(12)13;;/h6H,4-5H2,1-3H3,(H,10,11)(H,12,13);;/q;2*+1/p-2. The van der Waals surface area contributed by atoms with Gasteiger partial charge in [-0.3, -0.25) is 0 Å². The van der Waals surface area contributed by atoms with Crippen LogP contribution in [0.3, 0.4) is 0 Å². The molecule has 0 N–H and O–H groups in total. The first-order valence-corrected chi connectivity index (χ1v) is 4.30. The fourth-order valence-electron chi connectivity index (χ4n) is 1.21. The van der Waals surface area contributed by atoms with E-state index in [0.29, 0.717) is 6.42 Å². The Bertz CT molecular complexity index is 204. The minimum absolute atomic E-state index is 0. The zero-order valence-electron chi connectivity index (χ0n) is 10.1. The zero-order chi connectivity index (χ0) is 10.6. The van der Waals surface area contributed by atoms with Crippen LogP contribution in [0.25, 0.3) is 0 Å². The van der Waals surface area contributed by atoms with Gasteiger partial charge in [0.05, 0.1) is 11.9 Å². The van der Waals surface area contributed by atoms with Crippen LogP contribution in [0.5, 0.6) is 0 Å². The molecule has 0 aromatic rings. The minimum atomic E-state index is -1.88. The monoisotopic (exact) mass is 232 g/mol. The van der Waals surface area contributed by atoms with Crippen LogP contribution in [0, 0.1) is 11.3 Å². The van der Waals surface area contributed by atoms with Gasteiger partial charge >= 0.3 is 59.1 Å². The Kier molecular flexibility index (Phi) is 12.8. The number of rotatable bonds is 5. The van der Waals surface area contributed by atoms with Gasteiger partial charge in [-0.25, -0.2) is 0 Å². The van der Waals surface area contributed by atoms with Crippen molar-refractivity contribution in [2.24, 2.45) is 11.3 Å². The van der Waals surface area contributed by atoms with Crippen LogP contribution in [0.2, 0.25) is 0 Å². The molecule has 0 spiro atoms. The molecule has 4 nitrogen and oxygen atoms in total. The number of hydrogen-bond donors (Lipinski definition) is 0. The number of aliphatic carboxylic acids is 2. The van der Waals surface area contributed by atoms with Gasteiger partial charge in [0.2, 0.25) is 0 Å². The first kappa shape index (κ1) is 21.2. The van der Waals surface area contributed by atoms with E-state index in [4.69, 9.17) is 0 Å². The minimum Gasteiger partial charge on any atom is -0.549 e. The van der Waals surface area contributed by atoms with E-state index in [2.05, 4.69) is 0 Å². The van der Waals surface area contributed by atoms with Crippen molar-refractivity contribution in [2.45, 2.75) is 33.6 Å². The summed E-state index contributed by atoms with van der Waals surface area (Å²) in [6, 6.07) is 0. The summed E-state index contributed by atoms with van der Waals surface area (Å²) in [5.74, 6) is -3.63. The van der Waals surface area contributed by atoms with Gasteiger partial charge in [-0.2, -0.15) is 0 Å². The maximum atomic E-state index is 10.6. The van der Waals surface area contributed by atoms with Crippen molar-refractivity contribution in [3.63, 3.8) is 0 Å². The summed E-state index contributed by atoms with van der Waals surface area (Å²) >= 11 is 0. The Hall–Kier alpha value is 0.940. The van der Waals surface area contributed by atoms with Gasteiger partial charge in [-0.05, 0) is 19.3 Å². The van der Waals surface area contributed by atoms with Crippen molar-refractivity contribution in [3.8, 4) is 0 Å². The smallest absolute Gasteiger partial charge is 0.549 e. The molecule has 6 heteroatoms. The number of carboxylic acids is 2. The summed E-state index contributed by atoms with van der Waals surface area (Å²) in [6.45, 7) is 4.58. The van der Waals surface area contributed by atoms with Gasteiger partial charge in [0.25, 0.3) is 0 Å². The zero-order valence-corrected chi connectivity index (χ0v) is 14.1. The summed E-state index contributed by atoms with van der Waals surface area (Å²) in [5.41, 5.74) is -1.88. The summed E-state index contributed by atoms with van der Waals surface area (Å²) in [7, 11) is 0. The SMILES string of the molecule is CCCC(C)C(C)(C(=O)[O-])C(=O)[O-].[Na+].[Na+]. The van der Waals surface area contributed by atoms with Crippen LogP contribution in [-0.4, -0.2) is 11.9 Å². The maximum absolute atomic E-state index is 10.6. The van der Waals surface area contributed by atoms with E-state index >= 15 is 0 Å². The Labute approximate surface area is 134 Å². The second-order valence-electron chi connectivity index (χ2n) is 3.47. The topological polar surface area (TPSA) is 80.3 Å². The molecule has 0 bridgehead atoms. The van der Waals surface area contributed by atoms with E-state index in [1.54, 1.807) is 6.92 Å². The Morgan fingerprint density at radius 1 is 1.20 bits per heavy atom. The molecule has 0 aromatic carbocycles. The number of carbonyl (C=O) groups excluding carboxylic acids is 2. The van der Waals surface area contributed by atoms with Gasteiger partial charge in [-0.15, -0.1) is 0 Å². The van der Waals surface area contributed by atoms with E-state index in [1.165, 1.54) is 0 Å². The van der Waals surface area contributed by atoms with Crippen LogP contribution < -0.4 is 69.3 Å². The van der Waals surface area contributed by atoms with Gasteiger partial charge in [-0.1, -0.05) is 20.3 Å². The molecular formula is C9H14Na2O4. The van der Waals surface area contributed by atoms with Crippen LogP contribution in [0.15, 0.2) is 0 Å². The molecule has 0 aromatic heterocycles. The van der Waals surface area contributed by atoms with Gasteiger partial charge in [0.1, 0.15) is 0 Å². The third kappa shape index (κ3) is 5.20. The quantitative estimate of drug-likeness (QED) is 0.348. The van der Waals surface area contributed by atoms with E-state index in [-0.39, 0.29) is 59.1 Å². The summed E-state index contributed by atoms with van der Waals surface area (Å²) in [5, 5.41) is 21.3. The van der Waals surface area contributed by atoms with Crippen LogP contribution in [-0.2, 0) is 9.59 Å². The van der Waals surface area contributed by atoms with Crippen molar-refractivity contribution in [1.82, 2.24) is 0 Å². The van der Waals surface area contributed by atoms with E-state index < -0.39 is 23.3 Å². The van der Waals surface area contributed by atoms with Crippen molar-refractivity contribution < 1.29 is 78.9 Å². The normalized spacial score (nSPS) is 11.9. The predicted octanol–water partition coefficient (Wildman–Crippen LogP) is -7.06. The summed E-state index contributed by atoms with van der Waals surface area (Å²) < 4.78 is 0. The van der Waals surface area contributed by atoms with Gasteiger partial charge in [0.15, 0.2) is 0 Å². The second-order valence-corrected chi connectivity index (χ2v) is 3.47. The molecule has 0 fully saturated rings. The number of carbonyl (C=O) groups is 2. The number of hydrogen-bond acceptors (Lipinski definition) is 4. The number of carboxylic acid groups (broad SMARTS) is 2. The molecule has 0 saturated carbocycles. The molecule has 0 aliphatic heterocycles. The molecule has 0 heterocycles. The first-order valence-electron chi connectivity index (χ1n) is 4.30. The molecule has 0 radical (unpaired) electrons. The molecule has 1 unspecified atom stereocenters. The predicted molar refractivity (Wildman–Crippen MR) is 42.2 cm³/mol. The Balaban J connectivity index is -0.000000720. The summed E-state index contributed by atoms with van der Waals surface area (Å²) in [6.07, 6.45) is 1.26. The maximum Gasteiger partial charge on any atom is 1.00 e. The third-order valence-electron chi connectivity index (χ3n) is 2.56. The van der Waals surface area contributed by atoms with Crippen molar-refractivity contribution >= 4 is 11.9 Å². The second kappa shape index (κ2) is 9.02. The molecular weight excluding hydrogens is 218 g/mol. The van der Waals surface area contributed by atoms with Crippen LogP contribution >= 0.6 is 0 Å². The molecule has 0 rings (SSSR count). The fraction of sp³-hybridized carbons (Fsp3) is 0.778. The Morgan fingerprint density at radius 2 is 1.53 bits per heavy atom. The first-order chi connectivity index (χ1) is 5.87. The van der Waals surface area contributed by atoms with E-state index in [0.717, 1.165) is 13.3 Å². The molecule has 76 valence electrons. The van der Waals surface area contributed by atoms with Crippen LogP contribution in [0.4, 0.5) is 0 Å². The fourth-order valence-corrected chi connectivity index (χ4v) is 1.21. The molecule has 15 heavy (non-hydrogen) atoms. The average Bonchev–Trinajstić information content (AvgIpc) is 2.02. The van der Waals surface area contributed by atoms with Gasteiger partial charge in [0, 0.05) is 5.41 Å². The van der Waals surface area contributed by atoms with Crippen molar-refractivity contribution in [1.29, 1.82) is 0 Å². The van der Waals surface area contributed by atoms with Crippen molar-refractivity contribution in [3.05, 3.63) is 0 Å². The Morgan fingerprint density at radius 3 is 1.73 bits per heavy atom. The summed E-state index contributed by atoms with van der Waals surface area (Å²) in [4.78, 5) is 21.3. The van der Waals surface area contributed by atoms with Crippen molar-refractivity contribution in [2.75, 3.05) is 0 Å². The largest absolute Gasteiger partial charge is 1.00 e.